The first kappa shape index (κ1) is 15.5. The second kappa shape index (κ2) is 6.10. The first-order valence-corrected chi connectivity index (χ1v) is 8.26. The van der Waals surface area contributed by atoms with E-state index in [-0.39, 0.29) is 28.8 Å². The normalized spacial score (nSPS) is 23.7. The van der Waals surface area contributed by atoms with E-state index in [1.165, 1.54) is 12.5 Å². The van der Waals surface area contributed by atoms with Crippen molar-refractivity contribution >= 4 is 17.5 Å². The van der Waals surface area contributed by atoms with E-state index >= 15 is 0 Å². The van der Waals surface area contributed by atoms with Crippen LogP contribution in [-0.4, -0.2) is 55.7 Å². The third-order valence-electron chi connectivity index (χ3n) is 4.51. The average Bonchev–Trinajstić information content (AvgIpc) is 3.17. The van der Waals surface area contributed by atoms with Crippen molar-refractivity contribution in [3.05, 3.63) is 34.9 Å². The Balaban J connectivity index is 1.63. The predicted octanol–water partition coefficient (Wildman–Crippen LogP) is 1.73. The first-order valence-electron chi connectivity index (χ1n) is 7.88. The van der Waals surface area contributed by atoms with Gasteiger partial charge in [-0.3, -0.25) is 9.89 Å². The molecule has 1 amide bonds. The Labute approximate surface area is 143 Å². The van der Waals surface area contributed by atoms with Gasteiger partial charge in [-0.1, -0.05) is 11.6 Å². The summed E-state index contributed by atoms with van der Waals surface area (Å²) in [5.41, 5.74) is 0.190. The second-order valence-electron chi connectivity index (χ2n) is 6.14. The van der Waals surface area contributed by atoms with E-state index in [0.29, 0.717) is 24.7 Å². The molecule has 1 aliphatic heterocycles. The zero-order valence-electron chi connectivity index (χ0n) is 13.1. The van der Waals surface area contributed by atoms with E-state index in [0.717, 1.165) is 18.7 Å². The number of carbonyl (C=O) groups is 1. The van der Waals surface area contributed by atoms with Gasteiger partial charge in [0.2, 0.25) is 0 Å². The molecule has 2 aromatic heterocycles. The Morgan fingerprint density at radius 1 is 1.46 bits per heavy atom. The van der Waals surface area contributed by atoms with Gasteiger partial charge in [-0.05, 0) is 12.8 Å². The minimum Gasteiger partial charge on any atom is -0.380 e. The monoisotopic (exact) mass is 348 g/mol. The lowest BCUT2D eigenvalue weighted by molar-refractivity contribution is 0.0678. The van der Waals surface area contributed by atoms with Crippen molar-refractivity contribution in [2.75, 3.05) is 13.7 Å². The molecule has 0 bridgehead atoms. The van der Waals surface area contributed by atoms with Gasteiger partial charge in [0.25, 0.3) is 5.91 Å². The van der Waals surface area contributed by atoms with E-state index < -0.39 is 0 Å². The Morgan fingerprint density at radius 2 is 2.29 bits per heavy atom. The third kappa shape index (κ3) is 2.76. The van der Waals surface area contributed by atoms with Crippen molar-refractivity contribution in [1.29, 1.82) is 0 Å². The zero-order valence-corrected chi connectivity index (χ0v) is 13.9. The summed E-state index contributed by atoms with van der Waals surface area (Å²) in [4.78, 5) is 27.0. The summed E-state index contributed by atoms with van der Waals surface area (Å²) in [6, 6.07) is -0.228. The highest BCUT2D eigenvalue weighted by Crippen LogP contribution is 2.39. The fourth-order valence-corrected chi connectivity index (χ4v) is 3.20. The lowest BCUT2D eigenvalue weighted by atomic mass is 10.2. The number of aromatic nitrogens is 5. The molecule has 1 aliphatic carbocycles. The van der Waals surface area contributed by atoms with E-state index in [1.54, 1.807) is 12.0 Å². The number of H-pyrrole nitrogens is 1. The summed E-state index contributed by atoms with van der Waals surface area (Å²) in [5.74, 6) is 1.72. The van der Waals surface area contributed by atoms with Crippen LogP contribution in [0.2, 0.25) is 5.02 Å². The molecule has 1 saturated carbocycles. The predicted molar refractivity (Wildman–Crippen MR) is 84.6 cm³/mol. The molecule has 0 spiro atoms. The minimum absolute atomic E-state index is 0.0611. The van der Waals surface area contributed by atoms with Gasteiger partial charge in [-0.2, -0.15) is 5.10 Å². The molecule has 0 aromatic carbocycles. The molecule has 126 valence electrons. The Kier molecular flexibility index (Phi) is 3.93. The van der Waals surface area contributed by atoms with Crippen LogP contribution in [0.25, 0.3) is 0 Å². The van der Waals surface area contributed by atoms with Crippen molar-refractivity contribution in [3.8, 4) is 0 Å². The topological polar surface area (TPSA) is 96.9 Å². The molecule has 1 saturated heterocycles. The number of rotatable bonds is 4. The van der Waals surface area contributed by atoms with Gasteiger partial charge < -0.3 is 9.64 Å². The van der Waals surface area contributed by atoms with Crippen LogP contribution in [0.4, 0.5) is 0 Å². The van der Waals surface area contributed by atoms with Gasteiger partial charge in [0, 0.05) is 32.2 Å². The number of methoxy groups -OCH3 is 1. The molecule has 2 atom stereocenters. The number of amides is 1. The molecule has 1 N–H and O–H groups in total. The standard InChI is InChI=1S/C15H17ClN6O2/c1-24-9-4-11(14-19-13(20-21-14)8-2-3-8)22(6-9)15(23)12-10(16)5-17-7-18-12/h5,7-9,11H,2-4,6H2,1H3,(H,19,20,21)/t9-,11+/m1/s1. The number of likely N-dealkylation sites (tertiary alicyclic amines) is 1. The van der Waals surface area contributed by atoms with E-state index in [4.69, 9.17) is 16.3 Å². The number of aromatic amines is 1. The number of hydrogen-bond donors (Lipinski definition) is 1. The molecule has 8 nitrogen and oxygen atoms in total. The van der Waals surface area contributed by atoms with E-state index in [2.05, 4.69) is 25.1 Å². The number of nitrogens with zero attached hydrogens (tertiary/aromatic N) is 5. The van der Waals surface area contributed by atoms with Crippen LogP contribution >= 0.6 is 11.6 Å². The van der Waals surface area contributed by atoms with Crippen molar-refractivity contribution < 1.29 is 9.53 Å². The molecule has 4 rings (SSSR count). The number of halogens is 1. The van der Waals surface area contributed by atoms with Crippen LogP contribution < -0.4 is 0 Å². The van der Waals surface area contributed by atoms with Gasteiger partial charge in [-0.25, -0.2) is 15.0 Å². The van der Waals surface area contributed by atoms with E-state index in [1.807, 2.05) is 0 Å². The second-order valence-corrected chi connectivity index (χ2v) is 6.55. The smallest absolute Gasteiger partial charge is 0.274 e. The fraction of sp³-hybridized carbons (Fsp3) is 0.533. The number of carbonyl (C=O) groups excluding carboxylic acids is 1. The highest BCUT2D eigenvalue weighted by molar-refractivity contribution is 6.33. The van der Waals surface area contributed by atoms with Crippen LogP contribution in [0.15, 0.2) is 12.5 Å². The SMILES string of the molecule is CO[C@@H]1C[C@@H](c2nc(C3CC3)n[nH]2)N(C(=O)c2ncncc2Cl)C1. The molecule has 9 heteroatoms. The first-order chi connectivity index (χ1) is 11.7. The maximum absolute atomic E-state index is 12.9. The van der Waals surface area contributed by atoms with Crippen molar-refractivity contribution in [1.82, 2.24) is 30.0 Å². The maximum Gasteiger partial charge on any atom is 0.274 e. The molecule has 2 fully saturated rings. The Bertz CT molecular complexity index is 762. The maximum atomic E-state index is 12.9. The van der Waals surface area contributed by atoms with Gasteiger partial charge >= 0.3 is 0 Å². The molecule has 0 unspecified atom stereocenters. The van der Waals surface area contributed by atoms with Crippen LogP contribution in [0.1, 0.15) is 53.4 Å². The summed E-state index contributed by atoms with van der Waals surface area (Å²) in [5, 5.41) is 7.51. The summed E-state index contributed by atoms with van der Waals surface area (Å²) < 4.78 is 5.45. The summed E-state index contributed by atoms with van der Waals surface area (Å²) in [6.45, 7) is 0.458. The number of hydrogen-bond acceptors (Lipinski definition) is 6. The lowest BCUT2D eigenvalue weighted by Gasteiger charge is -2.22. The summed E-state index contributed by atoms with van der Waals surface area (Å²) in [7, 11) is 1.64. The summed E-state index contributed by atoms with van der Waals surface area (Å²) >= 11 is 6.08. The van der Waals surface area contributed by atoms with Crippen LogP contribution in [0.3, 0.4) is 0 Å². The van der Waals surface area contributed by atoms with Gasteiger partial charge in [-0.15, -0.1) is 0 Å². The Hall–Kier alpha value is -2.06. The highest BCUT2D eigenvalue weighted by Gasteiger charge is 2.40. The highest BCUT2D eigenvalue weighted by atomic mass is 35.5. The zero-order chi connectivity index (χ0) is 16.7. The Morgan fingerprint density at radius 3 is 3.00 bits per heavy atom. The van der Waals surface area contributed by atoms with Crippen molar-refractivity contribution in [2.24, 2.45) is 0 Å². The number of ether oxygens (including phenoxy) is 1. The van der Waals surface area contributed by atoms with Crippen LogP contribution in [-0.2, 0) is 4.74 Å². The van der Waals surface area contributed by atoms with E-state index in [9.17, 15) is 4.79 Å². The average molecular weight is 349 g/mol. The molecule has 2 aromatic rings. The van der Waals surface area contributed by atoms with Gasteiger partial charge in [0.15, 0.2) is 5.82 Å². The molecule has 2 aliphatic rings. The van der Waals surface area contributed by atoms with Crippen molar-refractivity contribution in [2.45, 2.75) is 37.3 Å². The van der Waals surface area contributed by atoms with Crippen LogP contribution in [0.5, 0.6) is 0 Å². The summed E-state index contributed by atoms with van der Waals surface area (Å²) in [6.07, 6.45) is 5.58. The molecule has 24 heavy (non-hydrogen) atoms. The number of nitrogens with one attached hydrogen (secondary N) is 1. The minimum atomic E-state index is -0.253. The molecule has 0 radical (unpaired) electrons. The quantitative estimate of drug-likeness (QED) is 0.903. The van der Waals surface area contributed by atoms with Gasteiger partial charge in [0.05, 0.1) is 17.2 Å². The van der Waals surface area contributed by atoms with Gasteiger partial charge in [0.1, 0.15) is 17.8 Å². The molecular formula is C15H17ClN6O2. The molecule has 3 heterocycles. The fourth-order valence-electron chi connectivity index (χ4n) is 3.02. The van der Waals surface area contributed by atoms with Crippen molar-refractivity contribution in [3.63, 3.8) is 0 Å². The lowest BCUT2D eigenvalue weighted by Crippen LogP contribution is -2.33. The third-order valence-corrected chi connectivity index (χ3v) is 4.78. The largest absolute Gasteiger partial charge is 0.380 e. The van der Waals surface area contributed by atoms with Crippen LogP contribution in [0, 0.1) is 0 Å². The molecular weight excluding hydrogens is 332 g/mol.